The van der Waals surface area contributed by atoms with Gasteiger partial charge in [-0.1, -0.05) is 199 Å². The van der Waals surface area contributed by atoms with Crippen molar-refractivity contribution in [1.29, 1.82) is 0 Å². The maximum Gasteiger partial charge on any atom is 0.262 e. The Kier molecular flexibility index (Phi) is 23.6. The molecule has 2 nitrogen and oxygen atoms in total. The van der Waals surface area contributed by atoms with Crippen molar-refractivity contribution >= 4 is 0 Å². The number of benzene rings is 1. The monoisotopic (exact) mass is 580 g/mol. The molecule has 0 bridgehead atoms. The summed E-state index contributed by atoms with van der Waals surface area (Å²) in [4.78, 5) is 3.66. The van der Waals surface area contributed by atoms with Crippen LogP contribution in [0.2, 0.25) is 0 Å². The molecule has 1 atom stereocenters. The highest BCUT2D eigenvalue weighted by Crippen LogP contribution is 2.27. The average molecular weight is 580 g/mol. The van der Waals surface area contributed by atoms with Crippen molar-refractivity contribution in [3.8, 4) is 5.69 Å². The molecule has 0 radical (unpaired) electrons. The number of H-pyrrole nitrogens is 1. The molecule has 0 saturated heterocycles. The van der Waals surface area contributed by atoms with Crippen molar-refractivity contribution in [2.24, 2.45) is 0 Å². The molecule has 2 rings (SSSR count). The quantitative estimate of drug-likeness (QED) is 0.0701. The van der Waals surface area contributed by atoms with E-state index in [-0.39, 0.29) is 0 Å². The van der Waals surface area contributed by atoms with E-state index in [1.807, 2.05) is 0 Å². The number of para-hydroxylation sites is 1. The zero-order valence-corrected chi connectivity index (χ0v) is 28.4. The van der Waals surface area contributed by atoms with Gasteiger partial charge in [0.15, 0.2) is 0 Å². The van der Waals surface area contributed by atoms with Crippen LogP contribution in [0.5, 0.6) is 0 Å². The van der Waals surface area contributed by atoms with Gasteiger partial charge >= 0.3 is 0 Å². The van der Waals surface area contributed by atoms with Crippen LogP contribution < -0.4 is 4.57 Å². The molecule has 0 fully saturated rings. The van der Waals surface area contributed by atoms with E-state index in [9.17, 15) is 0 Å². The molecule has 1 N–H and O–H groups in total. The summed E-state index contributed by atoms with van der Waals surface area (Å²) in [6.45, 7) is 4.61. The van der Waals surface area contributed by atoms with Crippen LogP contribution >= 0.6 is 0 Å². The van der Waals surface area contributed by atoms with Crippen LogP contribution in [0, 0.1) is 0 Å². The lowest BCUT2D eigenvalue weighted by molar-refractivity contribution is -0.604. The first-order chi connectivity index (χ1) is 20.9. The molecular weight excluding hydrogens is 508 g/mol. The van der Waals surface area contributed by atoms with E-state index >= 15 is 0 Å². The van der Waals surface area contributed by atoms with E-state index in [4.69, 9.17) is 0 Å². The van der Waals surface area contributed by atoms with Gasteiger partial charge in [-0.2, -0.15) is 4.57 Å². The highest BCUT2D eigenvalue weighted by molar-refractivity contribution is 5.22. The third-order valence-corrected chi connectivity index (χ3v) is 9.45. The lowest BCUT2D eigenvalue weighted by atomic mass is 9.93. The number of nitrogens with one attached hydrogen (secondary N) is 1. The summed E-state index contributed by atoms with van der Waals surface area (Å²) in [7, 11) is 0. The second-order valence-electron chi connectivity index (χ2n) is 13.3. The minimum absolute atomic E-state index is 0.640. The maximum absolute atomic E-state index is 3.66. The first-order valence-corrected chi connectivity index (χ1v) is 19.0. The lowest BCUT2D eigenvalue weighted by Crippen LogP contribution is -2.34. The Balaban J connectivity index is 1.62. The van der Waals surface area contributed by atoms with E-state index in [2.05, 4.69) is 66.1 Å². The molecule has 0 spiro atoms. The fourth-order valence-electron chi connectivity index (χ4n) is 6.71. The Morgan fingerprint density at radius 1 is 0.476 bits per heavy atom. The Hall–Kier alpha value is -1.57. The topological polar surface area (TPSA) is 19.7 Å². The van der Waals surface area contributed by atoms with E-state index in [0.29, 0.717) is 5.92 Å². The molecular formula is C40H71N2+. The molecule has 1 aromatic heterocycles. The van der Waals surface area contributed by atoms with Gasteiger partial charge in [-0.3, -0.25) is 0 Å². The first kappa shape index (κ1) is 36.6. The van der Waals surface area contributed by atoms with Crippen molar-refractivity contribution < 1.29 is 4.57 Å². The standard InChI is InChI=1S/C40H70N2/c1-3-5-7-9-11-13-15-16-17-18-20-22-24-26-29-33-38(32-28-25-23-21-19-14-12-10-8-6-4-2)40-41-36-37-42(40)39-34-30-27-31-35-39/h27,30-31,34-38H,3-26,28-29,32-33H2,1-2H3/p+1/t38-/m0/s1. The summed E-state index contributed by atoms with van der Waals surface area (Å²) in [6, 6.07) is 10.9. The van der Waals surface area contributed by atoms with Gasteiger partial charge in [-0.05, 0) is 25.0 Å². The second kappa shape index (κ2) is 27.0. The molecule has 240 valence electrons. The second-order valence-corrected chi connectivity index (χ2v) is 13.3. The Morgan fingerprint density at radius 2 is 0.833 bits per heavy atom. The predicted octanol–water partition coefficient (Wildman–Crippen LogP) is 13.3. The molecule has 42 heavy (non-hydrogen) atoms. The van der Waals surface area contributed by atoms with Gasteiger partial charge in [0.25, 0.3) is 5.82 Å². The van der Waals surface area contributed by atoms with Crippen LogP contribution in [-0.2, 0) is 0 Å². The zero-order valence-electron chi connectivity index (χ0n) is 28.4. The van der Waals surface area contributed by atoms with Gasteiger partial charge < -0.3 is 0 Å². The van der Waals surface area contributed by atoms with Crippen LogP contribution in [0.4, 0.5) is 0 Å². The van der Waals surface area contributed by atoms with Crippen molar-refractivity contribution in [1.82, 2.24) is 4.98 Å². The third kappa shape index (κ3) is 18.2. The molecule has 0 aliphatic rings. The summed E-state index contributed by atoms with van der Waals surface area (Å²) >= 11 is 0. The molecule has 1 heterocycles. The van der Waals surface area contributed by atoms with Crippen LogP contribution in [-0.4, -0.2) is 4.98 Å². The van der Waals surface area contributed by atoms with E-state index in [1.54, 1.807) is 0 Å². The fourth-order valence-corrected chi connectivity index (χ4v) is 6.71. The smallest absolute Gasteiger partial charge is 0.247 e. The van der Waals surface area contributed by atoms with Gasteiger partial charge in [0.1, 0.15) is 18.1 Å². The maximum atomic E-state index is 3.66. The number of nitrogens with zero attached hydrogens (tertiary/aromatic N) is 1. The Morgan fingerprint density at radius 3 is 1.21 bits per heavy atom. The molecule has 0 unspecified atom stereocenters. The van der Waals surface area contributed by atoms with Gasteiger partial charge in [0.2, 0.25) is 0 Å². The minimum Gasteiger partial charge on any atom is -0.247 e. The SMILES string of the molecule is CCCCCCCCCCCCCCCCC[C@H](CCCCCCCCCCCCC)c1[nH]cc[n+]1-c1ccccc1. The number of hydrogen-bond acceptors (Lipinski definition) is 0. The summed E-state index contributed by atoms with van der Waals surface area (Å²) < 4.78 is 2.41. The van der Waals surface area contributed by atoms with Crippen LogP contribution in [0.1, 0.15) is 205 Å². The van der Waals surface area contributed by atoms with Crippen LogP contribution in [0.25, 0.3) is 5.69 Å². The van der Waals surface area contributed by atoms with Gasteiger partial charge in [-0.15, -0.1) is 0 Å². The Bertz CT molecular complexity index is 810. The fraction of sp³-hybridized carbons (Fsp3) is 0.775. The highest BCUT2D eigenvalue weighted by atomic mass is 15.1. The number of hydrogen-bond donors (Lipinski definition) is 1. The molecule has 1 aromatic carbocycles. The summed E-state index contributed by atoms with van der Waals surface area (Å²) in [5.74, 6) is 2.05. The normalized spacial score (nSPS) is 12.2. The van der Waals surface area contributed by atoms with Crippen molar-refractivity contribution in [3.63, 3.8) is 0 Å². The zero-order chi connectivity index (χ0) is 29.8. The number of imidazole rings is 1. The molecule has 2 aromatic rings. The number of rotatable bonds is 30. The van der Waals surface area contributed by atoms with E-state index < -0.39 is 0 Å². The minimum atomic E-state index is 0.640. The summed E-state index contributed by atoms with van der Waals surface area (Å²) in [5, 5.41) is 0. The summed E-state index contributed by atoms with van der Waals surface area (Å²) in [5.41, 5.74) is 1.29. The van der Waals surface area contributed by atoms with Crippen molar-refractivity contribution in [3.05, 3.63) is 48.5 Å². The lowest BCUT2D eigenvalue weighted by Gasteiger charge is -2.14. The third-order valence-electron chi connectivity index (χ3n) is 9.45. The van der Waals surface area contributed by atoms with E-state index in [0.717, 1.165) is 0 Å². The number of unbranched alkanes of at least 4 members (excludes halogenated alkanes) is 24. The number of aromatic amines is 1. The predicted molar refractivity (Wildman–Crippen MR) is 186 cm³/mol. The molecule has 2 heteroatoms. The Labute approximate surface area is 262 Å². The molecule has 0 aliphatic carbocycles. The number of aromatic nitrogens is 2. The van der Waals surface area contributed by atoms with Gasteiger partial charge in [-0.25, -0.2) is 4.98 Å². The molecule has 0 aliphatic heterocycles. The summed E-state index contributed by atoms with van der Waals surface area (Å²) in [6.07, 6.45) is 44.2. The van der Waals surface area contributed by atoms with Gasteiger partial charge in [0.05, 0.1) is 5.92 Å². The average Bonchev–Trinajstić information content (AvgIpc) is 3.51. The van der Waals surface area contributed by atoms with Gasteiger partial charge in [0, 0.05) is 0 Å². The van der Waals surface area contributed by atoms with Crippen molar-refractivity contribution in [2.45, 2.75) is 200 Å². The van der Waals surface area contributed by atoms with Crippen molar-refractivity contribution in [2.75, 3.05) is 0 Å². The first-order valence-electron chi connectivity index (χ1n) is 19.0. The van der Waals surface area contributed by atoms with E-state index in [1.165, 1.54) is 191 Å². The molecule has 0 amide bonds. The van der Waals surface area contributed by atoms with Crippen LogP contribution in [0.3, 0.4) is 0 Å². The largest absolute Gasteiger partial charge is 0.262 e. The highest BCUT2D eigenvalue weighted by Gasteiger charge is 2.23. The van der Waals surface area contributed by atoms with Crippen LogP contribution in [0.15, 0.2) is 42.7 Å². The molecule has 0 saturated carbocycles.